The van der Waals surface area contributed by atoms with Gasteiger partial charge in [0.05, 0.1) is 6.61 Å². The van der Waals surface area contributed by atoms with E-state index in [1.165, 1.54) is 24.3 Å². The molecular weight excluding hydrogens is 260 g/mol. The second-order valence-electron chi connectivity index (χ2n) is 4.43. The van der Waals surface area contributed by atoms with Crippen molar-refractivity contribution in [1.29, 1.82) is 0 Å². The van der Waals surface area contributed by atoms with Crippen LogP contribution in [-0.4, -0.2) is 18.4 Å². The lowest BCUT2D eigenvalue weighted by Crippen LogP contribution is -2.38. The third kappa shape index (κ3) is 4.96. The van der Waals surface area contributed by atoms with Crippen LogP contribution in [0.3, 0.4) is 0 Å². The van der Waals surface area contributed by atoms with Crippen molar-refractivity contribution in [3.63, 3.8) is 0 Å². The van der Waals surface area contributed by atoms with Crippen molar-refractivity contribution < 1.29 is 14.4 Å². The summed E-state index contributed by atoms with van der Waals surface area (Å²) in [5.74, 6) is 4.66. The van der Waals surface area contributed by atoms with E-state index in [4.69, 9.17) is 10.7 Å². The second-order valence-corrected chi connectivity index (χ2v) is 4.43. The summed E-state index contributed by atoms with van der Waals surface area (Å²) in [4.78, 5) is 28.1. The predicted molar refractivity (Wildman–Crippen MR) is 74.1 cm³/mol. The first kappa shape index (κ1) is 16.1. The van der Waals surface area contributed by atoms with E-state index in [1.807, 2.05) is 12.3 Å². The third-order valence-corrected chi connectivity index (χ3v) is 2.84. The number of carbonyl (C=O) groups excluding carboxylic acids is 2. The molecule has 5 N–H and O–H groups in total. The Morgan fingerprint density at radius 2 is 1.75 bits per heavy atom. The van der Waals surface area contributed by atoms with Gasteiger partial charge in [-0.2, -0.15) is 0 Å². The lowest BCUT2D eigenvalue weighted by atomic mass is 10.1. The van der Waals surface area contributed by atoms with Crippen molar-refractivity contribution in [3.8, 4) is 0 Å². The highest BCUT2D eigenvalue weighted by Gasteiger charge is 2.07. The minimum atomic E-state index is -0.410. The van der Waals surface area contributed by atoms with E-state index in [0.717, 1.165) is 6.42 Å². The molecule has 0 aliphatic heterocycles. The molecule has 0 radical (unpaired) electrons. The van der Waals surface area contributed by atoms with E-state index in [-0.39, 0.29) is 5.91 Å². The maximum atomic E-state index is 11.7. The average molecular weight is 280 g/mol. The van der Waals surface area contributed by atoms with Crippen LogP contribution in [0.4, 0.5) is 0 Å². The van der Waals surface area contributed by atoms with Gasteiger partial charge in [0, 0.05) is 11.1 Å². The Morgan fingerprint density at radius 3 is 2.25 bits per heavy atom. The smallest absolute Gasteiger partial charge is 0.267 e. The van der Waals surface area contributed by atoms with Gasteiger partial charge < -0.3 is 0 Å². The Bertz CT molecular complexity index is 447. The molecule has 1 atom stereocenters. The Morgan fingerprint density at radius 1 is 1.20 bits per heavy atom. The molecule has 0 bridgehead atoms. The number of nitrogens with one attached hydrogen (secondary N) is 3. The summed E-state index contributed by atoms with van der Waals surface area (Å²) >= 11 is 0. The number of hydrazine groups is 2. The quantitative estimate of drug-likeness (QED) is 0.252. The number of benzene rings is 1. The predicted octanol–water partition coefficient (Wildman–Crippen LogP) is 0.502. The minimum absolute atomic E-state index is 0.353. The van der Waals surface area contributed by atoms with Crippen molar-refractivity contribution in [2.24, 2.45) is 11.8 Å². The number of hydrogen-bond acceptors (Lipinski definition) is 5. The lowest BCUT2D eigenvalue weighted by Gasteiger charge is -2.11. The fourth-order valence-electron chi connectivity index (χ4n) is 1.31. The summed E-state index contributed by atoms with van der Waals surface area (Å²) in [5, 5.41) is 0. The monoisotopic (exact) mass is 280 g/mol. The van der Waals surface area contributed by atoms with Crippen LogP contribution >= 0.6 is 0 Å². The van der Waals surface area contributed by atoms with Gasteiger partial charge in [-0.25, -0.2) is 5.84 Å². The molecule has 0 heterocycles. The molecular formula is C13H20N4O3. The molecule has 2 amide bonds. The molecule has 0 aliphatic rings. The molecule has 20 heavy (non-hydrogen) atoms. The van der Waals surface area contributed by atoms with E-state index < -0.39 is 5.91 Å². The van der Waals surface area contributed by atoms with Crippen LogP contribution in [0, 0.1) is 5.92 Å². The Kier molecular flexibility index (Phi) is 6.65. The van der Waals surface area contributed by atoms with Gasteiger partial charge in [-0.1, -0.05) is 20.3 Å². The van der Waals surface area contributed by atoms with E-state index >= 15 is 0 Å². The molecule has 0 saturated carbocycles. The van der Waals surface area contributed by atoms with Gasteiger partial charge in [-0.05, 0) is 30.2 Å². The van der Waals surface area contributed by atoms with Gasteiger partial charge in [0.15, 0.2) is 0 Å². The maximum absolute atomic E-state index is 11.7. The SMILES string of the molecule is CCC(C)CONNC(=O)c1ccc(C(=O)NN)cc1. The molecule has 0 spiro atoms. The van der Waals surface area contributed by atoms with Crippen molar-refractivity contribution in [2.75, 3.05) is 6.61 Å². The van der Waals surface area contributed by atoms with Gasteiger partial charge in [-0.15, -0.1) is 5.59 Å². The Hall–Kier alpha value is -1.96. The van der Waals surface area contributed by atoms with Gasteiger partial charge in [0.2, 0.25) is 0 Å². The first-order valence-corrected chi connectivity index (χ1v) is 6.36. The number of carbonyl (C=O) groups is 2. The standard InChI is InChI=1S/C13H20N4O3/c1-3-9(2)8-20-17-16-13(19)11-6-4-10(5-7-11)12(18)15-14/h4-7,9,17H,3,8,14H2,1-2H3,(H,15,18)(H,16,19). The van der Waals surface area contributed by atoms with E-state index in [0.29, 0.717) is 23.7 Å². The summed E-state index contributed by atoms with van der Waals surface area (Å²) < 4.78 is 0. The summed E-state index contributed by atoms with van der Waals surface area (Å²) in [6, 6.07) is 6.07. The zero-order chi connectivity index (χ0) is 15.0. The molecule has 0 aromatic heterocycles. The molecule has 1 unspecified atom stereocenters. The fraction of sp³-hybridized carbons (Fsp3) is 0.385. The first-order valence-electron chi connectivity index (χ1n) is 6.36. The van der Waals surface area contributed by atoms with Gasteiger partial charge in [-0.3, -0.25) is 25.3 Å². The van der Waals surface area contributed by atoms with E-state index in [1.54, 1.807) is 0 Å². The van der Waals surface area contributed by atoms with Gasteiger partial charge >= 0.3 is 0 Å². The van der Waals surface area contributed by atoms with Crippen molar-refractivity contribution in [2.45, 2.75) is 20.3 Å². The van der Waals surface area contributed by atoms with E-state index in [2.05, 4.69) is 17.9 Å². The molecule has 7 nitrogen and oxygen atoms in total. The first-order chi connectivity index (χ1) is 9.58. The zero-order valence-corrected chi connectivity index (χ0v) is 11.6. The molecule has 7 heteroatoms. The number of amides is 2. The highest BCUT2D eigenvalue weighted by Crippen LogP contribution is 2.04. The molecule has 1 aromatic carbocycles. The lowest BCUT2D eigenvalue weighted by molar-refractivity contribution is -0.00479. The maximum Gasteiger partial charge on any atom is 0.267 e. The highest BCUT2D eigenvalue weighted by molar-refractivity contribution is 5.97. The molecule has 0 saturated heterocycles. The Labute approximate surface area is 117 Å². The van der Waals surface area contributed by atoms with Gasteiger partial charge in [0.1, 0.15) is 0 Å². The molecule has 1 aromatic rings. The van der Waals surface area contributed by atoms with Crippen LogP contribution in [-0.2, 0) is 4.84 Å². The summed E-state index contributed by atoms with van der Waals surface area (Å²) in [6.45, 7) is 4.61. The van der Waals surface area contributed by atoms with Crippen LogP contribution in [0.15, 0.2) is 24.3 Å². The minimum Gasteiger partial charge on any atom is -0.290 e. The van der Waals surface area contributed by atoms with Gasteiger partial charge in [0.25, 0.3) is 11.8 Å². The number of hydrogen-bond donors (Lipinski definition) is 4. The van der Waals surface area contributed by atoms with Crippen LogP contribution in [0.2, 0.25) is 0 Å². The second kappa shape index (κ2) is 8.26. The van der Waals surface area contributed by atoms with Crippen LogP contribution < -0.4 is 22.3 Å². The number of nitrogen functional groups attached to an aromatic ring is 1. The van der Waals surface area contributed by atoms with Crippen LogP contribution in [0.25, 0.3) is 0 Å². The molecule has 1 rings (SSSR count). The van der Waals surface area contributed by atoms with Crippen LogP contribution in [0.1, 0.15) is 41.0 Å². The van der Waals surface area contributed by atoms with Crippen molar-refractivity contribution >= 4 is 11.8 Å². The normalized spacial score (nSPS) is 11.8. The summed E-state index contributed by atoms with van der Waals surface area (Å²) in [7, 11) is 0. The molecule has 110 valence electrons. The number of nitrogens with two attached hydrogens (primary N) is 1. The fourth-order valence-corrected chi connectivity index (χ4v) is 1.31. The van der Waals surface area contributed by atoms with Crippen molar-refractivity contribution in [1.82, 2.24) is 16.4 Å². The largest absolute Gasteiger partial charge is 0.290 e. The molecule has 0 aliphatic carbocycles. The molecule has 0 fully saturated rings. The topological polar surface area (TPSA) is 105 Å². The number of rotatable bonds is 7. The Balaban J connectivity index is 2.42. The third-order valence-electron chi connectivity index (χ3n) is 2.84. The van der Waals surface area contributed by atoms with Crippen LogP contribution in [0.5, 0.6) is 0 Å². The average Bonchev–Trinajstić information content (AvgIpc) is 2.50. The summed E-state index contributed by atoms with van der Waals surface area (Å²) in [6.07, 6.45) is 1.00. The zero-order valence-electron chi connectivity index (χ0n) is 11.6. The highest BCUT2D eigenvalue weighted by atomic mass is 16.7. The van der Waals surface area contributed by atoms with E-state index in [9.17, 15) is 9.59 Å². The van der Waals surface area contributed by atoms with Crippen molar-refractivity contribution in [3.05, 3.63) is 35.4 Å². The summed E-state index contributed by atoms with van der Waals surface area (Å²) in [5.41, 5.74) is 7.60.